The molecule has 0 aromatic heterocycles. The van der Waals surface area contributed by atoms with Crippen molar-refractivity contribution in [3.63, 3.8) is 0 Å². The maximum atomic E-state index is 13.3. The molecule has 0 radical (unpaired) electrons. The van der Waals surface area contributed by atoms with E-state index in [9.17, 15) is 4.39 Å². The summed E-state index contributed by atoms with van der Waals surface area (Å²) in [5.74, 6) is 0.609. The first-order valence-corrected chi connectivity index (χ1v) is 6.96. The minimum Gasteiger partial charge on any atom is -0.492 e. The van der Waals surface area contributed by atoms with E-state index in [-0.39, 0.29) is 11.9 Å². The molecule has 0 amide bonds. The first-order valence-electron chi connectivity index (χ1n) is 6.96. The molecular weight excluding hydrogens is 253 g/mol. The third-order valence-corrected chi connectivity index (χ3v) is 3.05. The zero-order chi connectivity index (χ0) is 14.2. The van der Waals surface area contributed by atoms with Gasteiger partial charge in [-0.1, -0.05) is 37.3 Å². The van der Waals surface area contributed by atoms with Crippen LogP contribution in [0.15, 0.2) is 54.6 Å². The first-order chi connectivity index (χ1) is 9.79. The molecule has 0 bridgehead atoms. The maximum absolute atomic E-state index is 13.3. The summed E-state index contributed by atoms with van der Waals surface area (Å²) >= 11 is 0. The van der Waals surface area contributed by atoms with Crippen LogP contribution < -0.4 is 10.1 Å². The Bertz CT molecular complexity index is 515. The largest absolute Gasteiger partial charge is 0.492 e. The van der Waals surface area contributed by atoms with E-state index in [0.29, 0.717) is 6.61 Å². The standard InChI is InChI=1S/C17H20FNO/c1-2-11-19-17(14-7-6-8-15(18)12-14)13-20-16-9-4-3-5-10-16/h3-10,12,17,19H,2,11,13H2,1H3. The van der Waals surface area contributed by atoms with Gasteiger partial charge in [-0.15, -0.1) is 0 Å². The van der Waals surface area contributed by atoms with Crippen molar-refractivity contribution < 1.29 is 9.13 Å². The molecule has 2 rings (SSSR count). The summed E-state index contributed by atoms with van der Waals surface area (Å²) < 4.78 is 19.1. The molecule has 1 atom stereocenters. The Labute approximate surface area is 119 Å². The molecule has 0 aliphatic rings. The highest BCUT2D eigenvalue weighted by Gasteiger charge is 2.12. The van der Waals surface area contributed by atoms with Gasteiger partial charge in [0.1, 0.15) is 18.2 Å². The molecule has 1 N–H and O–H groups in total. The molecule has 0 heterocycles. The van der Waals surface area contributed by atoms with Gasteiger partial charge in [0.25, 0.3) is 0 Å². The SMILES string of the molecule is CCCNC(COc1ccccc1)c1cccc(F)c1. The van der Waals surface area contributed by atoms with Gasteiger partial charge >= 0.3 is 0 Å². The summed E-state index contributed by atoms with van der Waals surface area (Å²) in [6.45, 7) is 3.46. The summed E-state index contributed by atoms with van der Waals surface area (Å²) in [4.78, 5) is 0. The van der Waals surface area contributed by atoms with Crippen molar-refractivity contribution in [3.05, 3.63) is 66.0 Å². The van der Waals surface area contributed by atoms with E-state index < -0.39 is 0 Å². The molecule has 0 saturated heterocycles. The molecule has 0 aliphatic carbocycles. The lowest BCUT2D eigenvalue weighted by atomic mass is 10.1. The molecular formula is C17H20FNO. The lowest BCUT2D eigenvalue weighted by Gasteiger charge is -2.19. The molecule has 0 fully saturated rings. The van der Waals surface area contributed by atoms with E-state index >= 15 is 0 Å². The number of benzene rings is 2. The number of nitrogens with one attached hydrogen (secondary N) is 1. The van der Waals surface area contributed by atoms with E-state index in [2.05, 4.69) is 12.2 Å². The summed E-state index contributed by atoms with van der Waals surface area (Å²) in [7, 11) is 0. The van der Waals surface area contributed by atoms with Crippen molar-refractivity contribution in [2.24, 2.45) is 0 Å². The maximum Gasteiger partial charge on any atom is 0.123 e. The van der Waals surface area contributed by atoms with Crippen molar-refractivity contribution in [1.82, 2.24) is 5.32 Å². The normalized spacial score (nSPS) is 12.1. The zero-order valence-corrected chi connectivity index (χ0v) is 11.7. The highest BCUT2D eigenvalue weighted by atomic mass is 19.1. The zero-order valence-electron chi connectivity index (χ0n) is 11.7. The number of hydrogen-bond donors (Lipinski definition) is 1. The van der Waals surface area contributed by atoms with E-state index in [4.69, 9.17) is 4.74 Å². The van der Waals surface area contributed by atoms with E-state index in [1.807, 2.05) is 36.4 Å². The Kier molecular flexibility index (Phi) is 5.56. The van der Waals surface area contributed by atoms with Crippen molar-refractivity contribution in [2.75, 3.05) is 13.2 Å². The summed E-state index contributed by atoms with van der Waals surface area (Å²) in [6.07, 6.45) is 1.02. The number of ether oxygens (including phenoxy) is 1. The first kappa shape index (κ1) is 14.5. The van der Waals surface area contributed by atoms with Crippen molar-refractivity contribution >= 4 is 0 Å². The van der Waals surface area contributed by atoms with Crippen LogP contribution in [-0.2, 0) is 0 Å². The van der Waals surface area contributed by atoms with Crippen LogP contribution in [-0.4, -0.2) is 13.2 Å². The van der Waals surface area contributed by atoms with Gasteiger partial charge in [-0.25, -0.2) is 4.39 Å². The Morgan fingerprint density at radius 3 is 2.60 bits per heavy atom. The summed E-state index contributed by atoms with van der Waals surface area (Å²) in [5.41, 5.74) is 0.911. The van der Waals surface area contributed by atoms with Crippen LogP contribution in [0.25, 0.3) is 0 Å². The van der Waals surface area contributed by atoms with Crippen molar-refractivity contribution in [3.8, 4) is 5.75 Å². The Morgan fingerprint density at radius 1 is 1.10 bits per heavy atom. The molecule has 3 heteroatoms. The average Bonchev–Trinajstić information content (AvgIpc) is 2.48. The molecule has 0 saturated carbocycles. The van der Waals surface area contributed by atoms with Gasteiger partial charge in [0, 0.05) is 0 Å². The van der Waals surface area contributed by atoms with Gasteiger partial charge in [-0.05, 0) is 42.8 Å². The number of rotatable bonds is 7. The second-order valence-electron chi connectivity index (χ2n) is 4.69. The van der Waals surface area contributed by atoms with Gasteiger partial charge in [0.15, 0.2) is 0 Å². The Hall–Kier alpha value is -1.87. The molecule has 20 heavy (non-hydrogen) atoms. The van der Waals surface area contributed by atoms with Crippen LogP contribution in [0, 0.1) is 5.82 Å². The third-order valence-electron chi connectivity index (χ3n) is 3.05. The summed E-state index contributed by atoms with van der Waals surface area (Å²) in [5, 5.41) is 3.39. The van der Waals surface area contributed by atoms with Gasteiger partial charge in [0.05, 0.1) is 6.04 Å². The monoisotopic (exact) mass is 273 g/mol. The van der Waals surface area contributed by atoms with Gasteiger partial charge in [-0.3, -0.25) is 0 Å². The van der Waals surface area contributed by atoms with Crippen molar-refractivity contribution in [2.45, 2.75) is 19.4 Å². The fourth-order valence-electron chi connectivity index (χ4n) is 2.01. The lowest BCUT2D eigenvalue weighted by Crippen LogP contribution is -2.27. The highest BCUT2D eigenvalue weighted by Crippen LogP contribution is 2.17. The van der Waals surface area contributed by atoms with Gasteiger partial charge < -0.3 is 10.1 Å². The van der Waals surface area contributed by atoms with Crippen LogP contribution in [0.4, 0.5) is 4.39 Å². The minimum absolute atomic E-state index is 0.00847. The van der Waals surface area contributed by atoms with Gasteiger partial charge in [-0.2, -0.15) is 0 Å². The predicted molar refractivity (Wildman–Crippen MR) is 79.4 cm³/mol. The molecule has 2 aromatic carbocycles. The van der Waals surface area contributed by atoms with E-state index in [1.165, 1.54) is 6.07 Å². The molecule has 1 unspecified atom stereocenters. The average molecular weight is 273 g/mol. The molecule has 2 nitrogen and oxygen atoms in total. The summed E-state index contributed by atoms with van der Waals surface area (Å²) in [6, 6.07) is 16.3. The second-order valence-corrected chi connectivity index (χ2v) is 4.69. The fraction of sp³-hybridized carbons (Fsp3) is 0.294. The minimum atomic E-state index is -0.217. The lowest BCUT2D eigenvalue weighted by molar-refractivity contribution is 0.266. The molecule has 0 aliphatic heterocycles. The third kappa shape index (κ3) is 4.35. The quantitative estimate of drug-likeness (QED) is 0.825. The van der Waals surface area contributed by atoms with Crippen molar-refractivity contribution in [1.29, 1.82) is 0 Å². The van der Waals surface area contributed by atoms with Crippen LogP contribution in [0.5, 0.6) is 5.75 Å². The van der Waals surface area contributed by atoms with Crippen LogP contribution in [0.3, 0.4) is 0 Å². The Morgan fingerprint density at radius 2 is 1.90 bits per heavy atom. The molecule has 2 aromatic rings. The smallest absolute Gasteiger partial charge is 0.123 e. The molecule has 106 valence electrons. The number of halogens is 1. The van der Waals surface area contributed by atoms with Crippen LogP contribution in [0.2, 0.25) is 0 Å². The van der Waals surface area contributed by atoms with E-state index in [1.54, 1.807) is 12.1 Å². The predicted octanol–water partition coefficient (Wildman–Crippen LogP) is 3.95. The number of para-hydroxylation sites is 1. The van der Waals surface area contributed by atoms with Crippen LogP contribution >= 0.6 is 0 Å². The fourth-order valence-corrected chi connectivity index (χ4v) is 2.01. The van der Waals surface area contributed by atoms with Crippen LogP contribution in [0.1, 0.15) is 24.9 Å². The topological polar surface area (TPSA) is 21.3 Å². The van der Waals surface area contributed by atoms with E-state index in [0.717, 1.165) is 24.3 Å². The second kappa shape index (κ2) is 7.65. The highest BCUT2D eigenvalue weighted by molar-refractivity contribution is 5.23. The molecule has 0 spiro atoms. The Balaban J connectivity index is 2.03. The number of hydrogen-bond acceptors (Lipinski definition) is 2. The van der Waals surface area contributed by atoms with Gasteiger partial charge in [0.2, 0.25) is 0 Å².